The maximum atomic E-state index is 13.0. The first-order valence-corrected chi connectivity index (χ1v) is 6.90. The highest BCUT2D eigenvalue weighted by Crippen LogP contribution is 2.18. The van der Waals surface area contributed by atoms with Crippen LogP contribution < -0.4 is 5.43 Å². The van der Waals surface area contributed by atoms with E-state index in [1.165, 1.54) is 24.3 Å². The Morgan fingerprint density at radius 1 is 0.960 bits per heavy atom. The first-order valence-electron chi connectivity index (χ1n) is 6.90. The Bertz CT molecular complexity index is 688. The molecule has 1 heterocycles. The van der Waals surface area contributed by atoms with E-state index in [2.05, 4.69) is 22.1 Å². The molecule has 0 radical (unpaired) electrons. The molecular formula is C16H18FN3O5. The van der Waals surface area contributed by atoms with Crippen LogP contribution in [0.2, 0.25) is 0 Å². The number of aliphatic hydroxyl groups is 5. The number of pyridine rings is 1. The molecule has 0 spiro atoms. The highest BCUT2D eigenvalue weighted by Gasteiger charge is 2.11. The van der Waals surface area contributed by atoms with E-state index in [-0.39, 0.29) is 5.82 Å². The summed E-state index contributed by atoms with van der Waals surface area (Å²) in [6.45, 7) is 1.78. The molecule has 0 amide bonds. The second-order valence-electron chi connectivity index (χ2n) is 4.53. The van der Waals surface area contributed by atoms with Crippen LogP contribution in [0.15, 0.2) is 60.5 Å². The number of benzene rings is 1. The monoisotopic (exact) mass is 351 g/mol. The minimum absolute atomic E-state index is 0.370. The SMILES string of the molecule is C=C(/C(=N\NC(O)O)c1ccc(F)cc1)c1ccncc1.OC(O)O. The zero-order valence-corrected chi connectivity index (χ0v) is 13.0. The van der Waals surface area contributed by atoms with E-state index in [1.54, 1.807) is 24.5 Å². The van der Waals surface area contributed by atoms with Gasteiger partial charge in [0.1, 0.15) is 5.82 Å². The van der Waals surface area contributed by atoms with Crippen molar-refractivity contribution in [2.24, 2.45) is 5.10 Å². The summed E-state index contributed by atoms with van der Waals surface area (Å²) in [7, 11) is 0. The summed E-state index contributed by atoms with van der Waals surface area (Å²) in [5.74, 6) is -0.372. The number of hydrogen-bond donors (Lipinski definition) is 6. The zero-order chi connectivity index (χ0) is 18.8. The lowest BCUT2D eigenvalue weighted by atomic mass is 9.98. The van der Waals surface area contributed by atoms with E-state index in [0.717, 1.165) is 5.56 Å². The van der Waals surface area contributed by atoms with Gasteiger partial charge in [0.15, 0.2) is 0 Å². The Hall–Kier alpha value is -2.69. The van der Waals surface area contributed by atoms with Gasteiger partial charge in [0.05, 0.1) is 5.71 Å². The first-order chi connectivity index (χ1) is 11.8. The van der Waals surface area contributed by atoms with Crippen LogP contribution in [-0.4, -0.2) is 49.1 Å². The van der Waals surface area contributed by atoms with E-state index >= 15 is 0 Å². The Balaban J connectivity index is 0.000000705. The van der Waals surface area contributed by atoms with Crippen molar-refractivity contribution in [2.45, 2.75) is 12.9 Å². The van der Waals surface area contributed by atoms with Crippen LogP contribution in [-0.2, 0) is 0 Å². The first kappa shape index (κ1) is 20.4. The zero-order valence-electron chi connectivity index (χ0n) is 13.0. The van der Waals surface area contributed by atoms with Crippen LogP contribution in [0.1, 0.15) is 11.1 Å². The van der Waals surface area contributed by atoms with Crippen LogP contribution in [0, 0.1) is 5.82 Å². The van der Waals surface area contributed by atoms with Crippen LogP contribution in [0.25, 0.3) is 5.57 Å². The number of hydrogen-bond acceptors (Lipinski definition) is 8. The molecule has 2 rings (SSSR count). The Labute approximate surface area is 142 Å². The molecule has 25 heavy (non-hydrogen) atoms. The molecule has 8 nitrogen and oxygen atoms in total. The third-order valence-corrected chi connectivity index (χ3v) is 2.72. The van der Waals surface area contributed by atoms with Gasteiger partial charge >= 0.3 is 0 Å². The normalized spacial score (nSPS) is 11.1. The van der Waals surface area contributed by atoms with E-state index in [4.69, 9.17) is 25.5 Å². The van der Waals surface area contributed by atoms with Crippen molar-refractivity contribution in [3.05, 3.63) is 72.3 Å². The van der Waals surface area contributed by atoms with Crippen LogP contribution in [0.5, 0.6) is 0 Å². The van der Waals surface area contributed by atoms with E-state index in [9.17, 15) is 4.39 Å². The number of hydrazone groups is 1. The molecule has 0 fully saturated rings. The number of rotatable bonds is 5. The number of nitrogens with zero attached hydrogens (tertiary/aromatic N) is 2. The molecule has 0 saturated carbocycles. The summed E-state index contributed by atoms with van der Waals surface area (Å²) >= 11 is 0. The molecule has 0 unspecified atom stereocenters. The second kappa shape index (κ2) is 10.2. The fourth-order valence-corrected chi connectivity index (χ4v) is 1.73. The average Bonchev–Trinajstić information content (AvgIpc) is 2.56. The smallest absolute Gasteiger partial charge is 0.263 e. The highest BCUT2D eigenvalue weighted by molar-refractivity contribution is 6.31. The quantitative estimate of drug-likeness (QED) is 0.248. The lowest BCUT2D eigenvalue weighted by Crippen LogP contribution is -2.24. The van der Waals surface area contributed by atoms with Crippen LogP contribution in [0.4, 0.5) is 4.39 Å². The molecule has 0 saturated heterocycles. The molecule has 2 aromatic rings. The number of aliphatic hydroxyl groups excluding tert-OH is 2. The van der Waals surface area contributed by atoms with Gasteiger partial charge in [-0.1, -0.05) is 6.58 Å². The largest absolute Gasteiger partial charge is 0.350 e. The third kappa shape index (κ3) is 7.61. The molecule has 6 N–H and O–H groups in total. The van der Waals surface area contributed by atoms with Crippen LogP contribution in [0.3, 0.4) is 0 Å². The number of nitrogens with one attached hydrogen (secondary N) is 1. The fraction of sp³-hybridized carbons (Fsp3) is 0.125. The van der Waals surface area contributed by atoms with E-state index in [0.29, 0.717) is 16.8 Å². The van der Waals surface area contributed by atoms with Crippen molar-refractivity contribution in [1.29, 1.82) is 0 Å². The minimum Gasteiger partial charge on any atom is -0.350 e. The van der Waals surface area contributed by atoms with Gasteiger partial charge in [0.25, 0.3) is 6.48 Å². The molecule has 0 atom stereocenters. The number of halogens is 1. The van der Waals surface area contributed by atoms with Crippen molar-refractivity contribution in [2.75, 3.05) is 0 Å². The lowest BCUT2D eigenvalue weighted by molar-refractivity contribution is -0.198. The van der Waals surface area contributed by atoms with Gasteiger partial charge in [-0.05, 0) is 42.0 Å². The second-order valence-corrected chi connectivity index (χ2v) is 4.53. The summed E-state index contributed by atoms with van der Waals surface area (Å²) in [6.07, 6.45) is 1.42. The topological polar surface area (TPSA) is 138 Å². The molecule has 134 valence electrons. The molecule has 0 bridgehead atoms. The van der Waals surface area contributed by atoms with Crippen molar-refractivity contribution in [3.8, 4) is 0 Å². The summed E-state index contributed by atoms with van der Waals surface area (Å²) in [6, 6.07) is 9.14. The number of allylic oxidation sites excluding steroid dienone is 1. The van der Waals surface area contributed by atoms with Gasteiger partial charge in [-0.25, -0.2) is 4.39 Å². The standard InChI is InChI=1S/C15H14FN3O2.CH4O3/c1-10(11-6-8-17-9-7-11)14(18-19-15(20)21)12-2-4-13(16)5-3-12;2-1(3)4/h2-9,15,19-21H,1H2;1-4H/b18-14+;. The van der Waals surface area contributed by atoms with Crippen molar-refractivity contribution < 1.29 is 29.9 Å². The summed E-state index contributed by atoms with van der Waals surface area (Å²) < 4.78 is 13.0. The number of aromatic nitrogens is 1. The summed E-state index contributed by atoms with van der Waals surface area (Å²) in [5, 5.41) is 43.2. The molecule has 1 aromatic heterocycles. The van der Waals surface area contributed by atoms with Gasteiger partial charge in [0, 0.05) is 23.5 Å². The van der Waals surface area contributed by atoms with Crippen molar-refractivity contribution in [1.82, 2.24) is 10.4 Å². The Morgan fingerprint density at radius 2 is 1.48 bits per heavy atom. The highest BCUT2D eigenvalue weighted by atomic mass is 19.1. The lowest BCUT2D eigenvalue weighted by Gasteiger charge is -2.12. The summed E-state index contributed by atoms with van der Waals surface area (Å²) in [5.41, 5.74) is 4.40. The Morgan fingerprint density at radius 3 is 1.96 bits per heavy atom. The predicted octanol–water partition coefficient (Wildman–Crippen LogP) is -0.257. The molecule has 0 aliphatic carbocycles. The molecular weight excluding hydrogens is 333 g/mol. The summed E-state index contributed by atoms with van der Waals surface area (Å²) in [4.78, 5) is 3.92. The minimum atomic E-state index is -2.17. The predicted molar refractivity (Wildman–Crippen MR) is 88.0 cm³/mol. The molecule has 9 heteroatoms. The molecule has 1 aromatic carbocycles. The molecule has 0 aliphatic heterocycles. The van der Waals surface area contributed by atoms with Gasteiger partial charge in [-0.15, -0.1) is 0 Å². The van der Waals surface area contributed by atoms with Gasteiger partial charge in [0.2, 0.25) is 6.41 Å². The average molecular weight is 351 g/mol. The van der Waals surface area contributed by atoms with Gasteiger partial charge in [-0.3, -0.25) is 10.4 Å². The maximum Gasteiger partial charge on any atom is 0.263 e. The third-order valence-electron chi connectivity index (χ3n) is 2.72. The maximum absolute atomic E-state index is 13.0. The van der Waals surface area contributed by atoms with E-state index in [1.807, 2.05) is 0 Å². The Kier molecular flexibility index (Phi) is 8.33. The van der Waals surface area contributed by atoms with Gasteiger partial charge in [-0.2, -0.15) is 5.10 Å². The van der Waals surface area contributed by atoms with Crippen molar-refractivity contribution >= 4 is 11.3 Å². The fourth-order valence-electron chi connectivity index (χ4n) is 1.73. The van der Waals surface area contributed by atoms with Crippen LogP contribution >= 0.6 is 0 Å². The van der Waals surface area contributed by atoms with Crippen molar-refractivity contribution in [3.63, 3.8) is 0 Å². The van der Waals surface area contributed by atoms with E-state index < -0.39 is 12.9 Å². The molecule has 0 aliphatic rings. The van der Waals surface area contributed by atoms with Gasteiger partial charge < -0.3 is 25.5 Å².